The van der Waals surface area contributed by atoms with E-state index in [4.69, 9.17) is 0 Å². The molecule has 0 aromatic carbocycles. The van der Waals surface area contributed by atoms with Crippen LogP contribution in [0.4, 0.5) is 5.82 Å². The second-order valence-corrected chi connectivity index (χ2v) is 6.38. The zero-order valence-corrected chi connectivity index (χ0v) is 13.1. The van der Waals surface area contributed by atoms with Gasteiger partial charge in [-0.25, -0.2) is 4.98 Å². The van der Waals surface area contributed by atoms with E-state index in [1.165, 1.54) is 16.0 Å². The summed E-state index contributed by atoms with van der Waals surface area (Å²) in [5.41, 5.74) is 2.76. The topological polar surface area (TPSA) is 28.2 Å². The monoisotopic (exact) mass is 287 g/mol. The van der Waals surface area contributed by atoms with Crippen molar-refractivity contribution in [2.45, 2.75) is 32.4 Å². The first kappa shape index (κ1) is 13.6. The Morgan fingerprint density at radius 2 is 2.30 bits per heavy atom. The van der Waals surface area contributed by atoms with Gasteiger partial charge in [0.25, 0.3) is 0 Å². The van der Waals surface area contributed by atoms with Crippen molar-refractivity contribution in [3.8, 4) is 0 Å². The summed E-state index contributed by atoms with van der Waals surface area (Å²) >= 11 is 1.88. The molecule has 0 radical (unpaired) electrons. The second kappa shape index (κ2) is 5.54. The molecule has 20 heavy (non-hydrogen) atoms. The summed E-state index contributed by atoms with van der Waals surface area (Å²) < 4.78 is 0. The van der Waals surface area contributed by atoms with Crippen LogP contribution in [0.5, 0.6) is 0 Å². The Labute approximate surface area is 124 Å². The molecule has 0 bridgehead atoms. The maximum Gasteiger partial charge on any atom is 0.129 e. The average molecular weight is 287 g/mol. The van der Waals surface area contributed by atoms with E-state index in [0.29, 0.717) is 12.1 Å². The van der Waals surface area contributed by atoms with Crippen LogP contribution in [0.15, 0.2) is 29.8 Å². The van der Waals surface area contributed by atoms with Gasteiger partial charge in [0, 0.05) is 23.7 Å². The number of pyridine rings is 1. The van der Waals surface area contributed by atoms with Crippen LogP contribution in [0.2, 0.25) is 0 Å². The summed E-state index contributed by atoms with van der Waals surface area (Å²) in [5, 5.41) is 5.50. The zero-order valence-electron chi connectivity index (χ0n) is 12.3. The highest BCUT2D eigenvalue weighted by Gasteiger charge is 2.25. The largest absolute Gasteiger partial charge is 0.349 e. The summed E-state index contributed by atoms with van der Waals surface area (Å²) in [6.45, 7) is 5.51. The van der Waals surface area contributed by atoms with Crippen LogP contribution in [0.1, 0.15) is 41.9 Å². The Kier molecular flexibility index (Phi) is 3.76. The van der Waals surface area contributed by atoms with Crippen molar-refractivity contribution >= 4 is 17.2 Å². The van der Waals surface area contributed by atoms with Gasteiger partial charge in [0.2, 0.25) is 0 Å². The van der Waals surface area contributed by atoms with Crippen LogP contribution in [0.25, 0.3) is 0 Å². The molecule has 2 unspecified atom stereocenters. The lowest BCUT2D eigenvalue weighted by Crippen LogP contribution is -2.33. The Morgan fingerprint density at radius 3 is 3.10 bits per heavy atom. The zero-order chi connectivity index (χ0) is 14.1. The predicted octanol–water partition coefficient (Wildman–Crippen LogP) is 3.55. The Balaban J connectivity index is 1.90. The van der Waals surface area contributed by atoms with Gasteiger partial charge in [-0.3, -0.25) is 0 Å². The molecule has 0 spiro atoms. The van der Waals surface area contributed by atoms with E-state index >= 15 is 0 Å². The third-order valence-corrected chi connectivity index (χ3v) is 5.27. The third kappa shape index (κ3) is 2.34. The lowest BCUT2D eigenvalue weighted by Gasteiger charge is -2.35. The van der Waals surface area contributed by atoms with Crippen molar-refractivity contribution in [2.24, 2.45) is 0 Å². The molecule has 1 aliphatic rings. The maximum absolute atomic E-state index is 4.59. The highest BCUT2D eigenvalue weighted by atomic mass is 32.1. The molecule has 3 nitrogen and oxygen atoms in total. The molecule has 0 aliphatic carbocycles. The second-order valence-electron chi connectivity index (χ2n) is 5.38. The van der Waals surface area contributed by atoms with Crippen molar-refractivity contribution in [1.29, 1.82) is 0 Å². The number of fused-ring (bicyclic) bond motifs is 1. The molecular formula is C16H21N3S. The maximum atomic E-state index is 4.59. The summed E-state index contributed by atoms with van der Waals surface area (Å²) in [6, 6.07) is 7.34. The molecule has 2 aromatic rings. The fraction of sp³-hybridized carbons (Fsp3) is 0.438. The van der Waals surface area contributed by atoms with Crippen LogP contribution in [0, 0.1) is 0 Å². The van der Waals surface area contributed by atoms with Gasteiger partial charge in [-0.05, 0) is 62.0 Å². The summed E-state index contributed by atoms with van der Waals surface area (Å²) in [4.78, 5) is 8.54. The van der Waals surface area contributed by atoms with E-state index in [0.717, 1.165) is 18.8 Å². The SMILES string of the molecule is CNC(C)c1ccnc(N2CCc3sccc3C2C)c1. The first-order valence-electron chi connectivity index (χ1n) is 7.17. The third-order valence-electron chi connectivity index (χ3n) is 4.27. The summed E-state index contributed by atoms with van der Waals surface area (Å²) in [7, 11) is 1.99. The minimum absolute atomic E-state index is 0.355. The van der Waals surface area contributed by atoms with Gasteiger partial charge < -0.3 is 10.2 Å². The molecule has 4 heteroatoms. The fourth-order valence-corrected chi connectivity index (χ4v) is 3.81. The number of thiophene rings is 1. The molecule has 0 amide bonds. The molecule has 0 fully saturated rings. The minimum atomic E-state index is 0.355. The molecular weight excluding hydrogens is 266 g/mol. The van der Waals surface area contributed by atoms with Crippen LogP contribution in [0.3, 0.4) is 0 Å². The standard InChI is InChI=1S/C16H21N3S/c1-11(17-3)13-4-7-18-16(10-13)19-8-5-15-14(12(19)2)6-9-20-15/h4,6-7,9-12,17H,5,8H2,1-3H3. The fourth-order valence-electron chi connectivity index (χ4n) is 2.85. The Bertz CT molecular complexity index is 593. The molecule has 1 aliphatic heterocycles. The number of anilines is 1. The number of nitrogens with one attached hydrogen (secondary N) is 1. The quantitative estimate of drug-likeness (QED) is 0.936. The molecule has 2 atom stereocenters. The molecule has 0 saturated carbocycles. The smallest absolute Gasteiger partial charge is 0.129 e. The molecule has 2 aromatic heterocycles. The lowest BCUT2D eigenvalue weighted by atomic mass is 10.0. The number of rotatable bonds is 3. The molecule has 106 valence electrons. The van der Waals surface area contributed by atoms with E-state index < -0.39 is 0 Å². The van der Waals surface area contributed by atoms with Crippen LogP contribution >= 0.6 is 11.3 Å². The normalized spacial score (nSPS) is 19.8. The van der Waals surface area contributed by atoms with Crippen LogP contribution in [-0.4, -0.2) is 18.6 Å². The number of hydrogen-bond donors (Lipinski definition) is 1. The van der Waals surface area contributed by atoms with Crippen molar-refractivity contribution in [3.63, 3.8) is 0 Å². The van der Waals surface area contributed by atoms with Gasteiger partial charge in [0.1, 0.15) is 5.82 Å². The Hall–Kier alpha value is -1.39. The molecule has 3 rings (SSSR count). The van der Waals surface area contributed by atoms with Gasteiger partial charge >= 0.3 is 0 Å². The van der Waals surface area contributed by atoms with Crippen molar-refractivity contribution in [3.05, 3.63) is 45.8 Å². The molecule has 0 saturated heterocycles. The first-order valence-corrected chi connectivity index (χ1v) is 8.04. The van der Waals surface area contributed by atoms with Crippen molar-refractivity contribution in [1.82, 2.24) is 10.3 Å². The van der Waals surface area contributed by atoms with Crippen LogP contribution < -0.4 is 10.2 Å². The lowest BCUT2D eigenvalue weighted by molar-refractivity contribution is 0.619. The highest BCUT2D eigenvalue weighted by Crippen LogP contribution is 2.35. The van der Waals surface area contributed by atoms with Crippen molar-refractivity contribution in [2.75, 3.05) is 18.5 Å². The minimum Gasteiger partial charge on any atom is -0.349 e. The molecule has 3 heterocycles. The van der Waals surface area contributed by atoms with Gasteiger partial charge in [-0.2, -0.15) is 0 Å². The van der Waals surface area contributed by atoms with E-state index in [2.05, 4.69) is 52.6 Å². The van der Waals surface area contributed by atoms with E-state index in [1.54, 1.807) is 0 Å². The number of nitrogens with zero attached hydrogens (tertiary/aromatic N) is 2. The highest BCUT2D eigenvalue weighted by molar-refractivity contribution is 7.10. The van der Waals surface area contributed by atoms with Gasteiger partial charge in [-0.1, -0.05) is 0 Å². The molecule has 1 N–H and O–H groups in total. The Morgan fingerprint density at radius 1 is 1.45 bits per heavy atom. The van der Waals surface area contributed by atoms with Gasteiger partial charge in [-0.15, -0.1) is 11.3 Å². The number of aromatic nitrogens is 1. The number of hydrogen-bond acceptors (Lipinski definition) is 4. The average Bonchev–Trinajstić information content (AvgIpc) is 2.96. The summed E-state index contributed by atoms with van der Waals surface area (Å²) in [5.74, 6) is 1.09. The van der Waals surface area contributed by atoms with E-state index in [9.17, 15) is 0 Å². The summed E-state index contributed by atoms with van der Waals surface area (Å²) in [6.07, 6.45) is 3.05. The van der Waals surface area contributed by atoms with Gasteiger partial charge in [0.05, 0.1) is 6.04 Å². The van der Waals surface area contributed by atoms with Crippen LogP contribution in [-0.2, 0) is 6.42 Å². The van der Waals surface area contributed by atoms with Crippen molar-refractivity contribution < 1.29 is 0 Å². The van der Waals surface area contributed by atoms with Gasteiger partial charge in [0.15, 0.2) is 0 Å². The van der Waals surface area contributed by atoms with E-state index in [1.807, 2.05) is 24.6 Å². The first-order chi connectivity index (χ1) is 9.70. The van der Waals surface area contributed by atoms with E-state index in [-0.39, 0.29) is 0 Å². The predicted molar refractivity (Wildman–Crippen MR) is 85.5 cm³/mol.